The van der Waals surface area contributed by atoms with Crippen molar-refractivity contribution in [3.05, 3.63) is 151 Å². The van der Waals surface area contributed by atoms with Gasteiger partial charge in [-0.1, -0.05) is 48.0 Å². The molecule has 0 saturated heterocycles. The van der Waals surface area contributed by atoms with Crippen LogP contribution in [0.3, 0.4) is 0 Å². The van der Waals surface area contributed by atoms with E-state index >= 15 is 0 Å². The molecule has 6 nitrogen and oxygen atoms in total. The third-order valence-corrected chi connectivity index (χ3v) is 8.92. The van der Waals surface area contributed by atoms with E-state index in [1.54, 1.807) is 31.4 Å². The molecular formula is C34H26ClF2N3O3S. The Kier molecular flexibility index (Phi) is 8.43. The molecule has 1 N–H and O–H groups in total. The van der Waals surface area contributed by atoms with E-state index in [-0.39, 0.29) is 16.6 Å². The fraction of sp³-hybridized carbons (Fsp3) is 0.118. The first-order valence-electron chi connectivity index (χ1n) is 13.7. The molecule has 44 heavy (non-hydrogen) atoms. The fourth-order valence-electron chi connectivity index (χ4n) is 5.14. The highest BCUT2D eigenvalue weighted by atomic mass is 35.5. The zero-order valence-electron chi connectivity index (χ0n) is 23.5. The molecule has 0 aliphatic carbocycles. The van der Waals surface area contributed by atoms with Crippen molar-refractivity contribution in [2.45, 2.75) is 19.6 Å². The van der Waals surface area contributed by atoms with Crippen molar-refractivity contribution >= 4 is 33.2 Å². The molecule has 0 spiro atoms. The van der Waals surface area contributed by atoms with Gasteiger partial charge in [0.25, 0.3) is 5.56 Å². The Labute approximate surface area is 260 Å². The minimum atomic E-state index is -0.786. The van der Waals surface area contributed by atoms with Crippen LogP contribution in [0.15, 0.2) is 107 Å². The van der Waals surface area contributed by atoms with Gasteiger partial charge in [0.1, 0.15) is 22.2 Å². The van der Waals surface area contributed by atoms with Crippen molar-refractivity contribution in [3.8, 4) is 21.9 Å². The molecule has 0 unspecified atom stereocenters. The van der Waals surface area contributed by atoms with Crippen molar-refractivity contribution in [3.63, 3.8) is 0 Å². The van der Waals surface area contributed by atoms with Crippen molar-refractivity contribution < 1.29 is 13.5 Å². The number of halogens is 3. The quantitative estimate of drug-likeness (QED) is 0.184. The minimum Gasteiger partial charge on any atom is -0.497 e. The molecule has 10 heteroatoms. The number of rotatable bonds is 9. The van der Waals surface area contributed by atoms with Gasteiger partial charge in [-0.2, -0.15) is 0 Å². The first-order valence-corrected chi connectivity index (χ1v) is 14.9. The molecule has 0 fully saturated rings. The molecule has 6 aromatic rings. The monoisotopic (exact) mass is 629 g/mol. The lowest BCUT2D eigenvalue weighted by molar-refractivity contribution is 0.415. The normalized spacial score (nSPS) is 11.3. The van der Waals surface area contributed by atoms with Crippen LogP contribution in [0.4, 0.5) is 8.78 Å². The number of hydrogen-bond donors (Lipinski definition) is 1. The third-order valence-electron chi connectivity index (χ3n) is 7.36. The van der Waals surface area contributed by atoms with Gasteiger partial charge in [-0.05, 0) is 77.4 Å². The predicted molar refractivity (Wildman–Crippen MR) is 171 cm³/mol. The number of fused-ring (bicyclic) bond motifs is 1. The van der Waals surface area contributed by atoms with Crippen LogP contribution in [0.1, 0.15) is 16.7 Å². The summed E-state index contributed by atoms with van der Waals surface area (Å²) >= 11 is 7.34. The van der Waals surface area contributed by atoms with Crippen LogP contribution >= 0.6 is 22.9 Å². The molecule has 0 atom stereocenters. The number of methoxy groups -OCH3 is 1. The molecule has 6 rings (SSSR count). The van der Waals surface area contributed by atoms with Crippen LogP contribution in [0.25, 0.3) is 26.3 Å². The lowest BCUT2D eigenvalue weighted by atomic mass is 10.1. The van der Waals surface area contributed by atoms with Gasteiger partial charge in [0.15, 0.2) is 0 Å². The predicted octanol–water partition coefficient (Wildman–Crippen LogP) is 7.16. The SMILES string of the molecule is COc1ccc(-c2sc3c(c2CNCc2ccccc2)c(=O)n(-c2ccc(Cl)cc2)c(=O)n3Cc2c(F)cccc2F)cc1. The highest BCUT2D eigenvalue weighted by molar-refractivity contribution is 7.22. The molecule has 0 aliphatic rings. The van der Waals surface area contributed by atoms with E-state index in [1.807, 2.05) is 54.6 Å². The van der Waals surface area contributed by atoms with Gasteiger partial charge in [0.05, 0.1) is 24.7 Å². The summed E-state index contributed by atoms with van der Waals surface area (Å²) < 4.78 is 37.4. The summed E-state index contributed by atoms with van der Waals surface area (Å²) in [5, 5.41) is 4.15. The standard InChI is InChI=1S/C34H26ClF2N3O3S/c1-43-25-16-10-22(11-17-25)31-26(19-38-18-21-6-3-2-4-7-21)30-32(41)40(24-14-12-23(35)13-15-24)34(42)39(33(30)44-31)20-27-28(36)8-5-9-29(27)37/h2-17,38H,18-20H2,1H3. The zero-order valence-corrected chi connectivity index (χ0v) is 25.1. The summed E-state index contributed by atoms with van der Waals surface area (Å²) in [6.07, 6.45) is 0. The number of thiophene rings is 1. The Morgan fingerprint density at radius 2 is 1.50 bits per heavy atom. The second-order valence-electron chi connectivity index (χ2n) is 10.1. The Morgan fingerprint density at radius 1 is 0.818 bits per heavy atom. The van der Waals surface area contributed by atoms with Crippen molar-refractivity contribution in [2.75, 3.05) is 7.11 Å². The molecule has 4 aromatic carbocycles. The van der Waals surface area contributed by atoms with Gasteiger partial charge in [-0.15, -0.1) is 11.3 Å². The van der Waals surface area contributed by atoms with Crippen LogP contribution in [0.5, 0.6) is 5.75 Å². The average molecular weight is 630 g/mol. The van der Waals surface area contributed by atoms with Crippen LogP contribution in [-0.2, 0) is 19.6 Å². The molecule has 0 saturated carbocycles. The lowest BCUT2D eigenvalue weighted by Crippen LogP contribution is -2.39. The average Bonchev–Trinajstić information content (AvgIpc) is 3.41. The summed E-state index contributed by atoms with van der Waals surface area (Å²) in [6, 6.07) is 27.1. The largest absolute Gasteiger partial charge is 0.497 e. The first kappa shape index (κ1) is 29.5. The second kappa shape index (κ2) is 12.6. The number of aromatic nitrogens is 2. The topological polar surface area (TPSA) is 65.3 Å². The smallest absolute Gasteiger partial charge is 0.337 e. The zero-order chi connectivity index (χ0) is 30.8. The molecular weight excluding hydrogens is 604 g/mol. The summed E-state index contributed by atoms with van der Waals surface area (Å²) in [4.78, 5) is 29.4. The van der Waals surface area contributed by atoms with Gasteiger partial charge in [-0.3, -0.25) is 9.36 Å². The summed E-state index contributed by atoms with van der Waals surface area (Å²) in [6.45, 7) is 0.408. The highest BCUT2D eigenvalue weighted by Gasteiger charge is 2.25. The molecule has 0 bridgehead atoms. The molecule has 0 aliphatic heterocycles. The highest BCUT2D eigenvalue weighted by Crippen LogP contribution is 2.38. The van der Waals surface area contributed by atoms with Crippen molar-refractivity contribution in [1.29, 1.82) is 0 Å². The number of nitrogens with one attached hydrogen (secondary N) is 1. The Bertz CT molecular complexity index is 2050. The first-order chi connectivity index (χ1) is 21.4. The van der Waals surface area contributed by atoms with Crippen molar-refractivity contribution in [2.24, 2.45) is 0 Å². The van der Waals surface area contributed by atoms with E-state index < -0.39 is 29.4 Å². The Hall–Kier alpha value is -4.57. The molecule has 222 valence electrons. The number of ether oxygens (including phenoxy) is 1. The Morgan fingerprint density at radius 3 is 2.16 bits per heavy atom. The van der Waals surface area contributed by atoms with E-state index in [0.717, 1.165) is 32.7 Å². The number of nitrogens with zero attached hydrogens (tertiary/aromatic N) is 2. The maximum absolute atomic E-state index is 14.9. The van der Waals surface area contributed by atoms with E-state index in [9.17, 15) is 18.4 Å². The third kappa shape index (κ3) is 5.69. The fourth-order valence-corrected chi connectivity index (χ4v) is 6.58. The van der Waals surface area contributed by atoms with E-state index in [1.165, 1.54) is 22.0 Å². The number of hydrogen-bond acceptors (Lipinski definition) is 5. The van der Waals surface area contributed by atoms with Crippen LogP contribution in [-0.4, -0.2) is 16.2 Å². The number of benzene rings is 4. The van der Waals surface area contributed by atoms with E-state index in [4.69, 9.17) is 16.3 Å². The lowest BCUT2D eigenvalue weighted by Gasteiger charge is -2.14. The molecule has 2 aromatic heterocycles. The molecule has 2 heterocycles. The van der Waals surface area contributed by atoms with Gasteiger partial charge < -0.3 is 10.1 Å². The van der Waals surface area contributed by atoms with Crippen LogP contribution in [0, 0.1) is 11.6 Å². The maximum Gasteiger partial charge on any atom is 0.337 e. The van der Waals surface area contributed by atoms with Gasteiger partial charge in [-0.25, -0.2) is 18.1 Å². The van der Waals surface area contributed by atoms with Gasteiger partial charge in [0.2, 0.25) is 0 Å². The molecule has 0 amide bonds. The van der Waals surface area contributed by atoms with Crippen LogP contribution in [0.2, 0.25) is 5.02 Å². The van der Waals surface area contributed by atoms with E-state index in [2.05, 4.69) is 5.32 Å². The van der Waals surface area contributed by atoms with Gasteiger partial charge in [0, 0.05) is 28.6 Å². The van der Waals surface area contributed by atoms with E-state index in [0.29, 0.717) is 34.3 Å². The maximum atomic E-state index is 14.9. The summed E-state index contributed by atoms with van der Waals surface area (Å²) in [5.74, 6) is -0.910. The van der Waals surface area contributed by atoms with Gasteiger partial charge >= 0.3 is 5.69 Å². The summed E-state index contributed by atoms with van der Waals surface area (Å²) in [7, 11) is 1.58. The second-order valence-corrected chi connectivity index (χ2v) is 11.5. The van der Waals surface area contributed by atoms with Crippen molar-refractivity contribution in [1.82, 2.24) is 14.5 Å². The minimum absolute atomic E-state index is 0.277. The molecule has 0 radical (unpaired) electrons. The Balaban J connectivity index is 1.62. The summed E-state index contributed by atoms with van der Waals surface area (Å²) in [5.41, 5.74) is 1.28. The van der Waals surface area contributed by atoms with Crippen LogP contribution < -0.4 is 21.3 Å².